The van der Waals surface area contributed by atoms with Crippen molar-refractivity contribution in [3.05, 3.63) is 63.9 Å². The monoisotopic (exact) mass is 351 g/mol. The normalized spacial score (nSPS) is 12.5. The van der Waals surface area contributed by atoms with Crippen LogP contribution < -0.4 is 10.1 Å². The highest BCUT2D eigenvalue weighted by atomic mass is 79.9. The lowest BCUT2D eigenvalue weighted by Crippen LogP contribution is -2.18. The van der Waals surface area contributed by atoms with Gasteiger partial charge in [-0.15, -0.1) is 0 Å². The third-order valence-corrected chi connectivity index (χ3v) is 3.98. The topological polar surface area (TPSA) is 21.3 Å². The summed E-state index contributed by atoms with van der Waals surface area (Å²) < 4.78 is 20.0. The van der Waals surface area contributed by atoms with E-state index in [2.05, 4.69) is 21.2 Å². The van der Waals surface area contributed by atoms with Crippen LogP contribution in [0.4, 0.5) is 4.39 Å². The molecule has 0 aliphatic carbocycles. The quantitative estimate of drug-likeness (QED) is 0.843. The molecule has 0 heterocycles. The van der Waals surface area contributed by atoms with Crippen molar-refractivity contribution in [3.8, 4) is 5.75 Å². The molecule has 0 aliphatic rings. The summed E-state index contributed by atoms with van der Waals surface area (Å²) in [6.07, 6.45) is 0.120. The number of hydrogen-bond donors (Lipinski definition) is 1. The van der Waals surface area contributed by atoms with Crippen molar-refractivity contribution in [1.29, 1.82) is 0 Å². The third kappa shape index (κ3) is 3.83. The van der Waals surface area contributed by atoms with Crippen LogP contribution in [0.15, 0.2) is 46.9 Å². The smallest absolute Gasteiger partial charge is 0.137 e. The molecule has 2 nitrogen and oxygen atoms in total. The molecule has 0 radical (unpaired) electrons. The molecule has 0 saturated heterocycles. The first kappa shape index (κ1) is 16.0. The van der Waals surface area contributed by atoms with E-state index in [4.69, 9.17) is 4.74 Å². The van der Waals surface area contributed by atoms with Crippen molar-refractivity contribution in [2.75, 3.05) is 7.05 Å². The minimum atomic E-state index is -0.262. The second-order valence-corrected chi connectivity index (χ2v) is 5.90. The zero-order valence-corrected chi connectivity index (χ0v) is 13.9. The van der Waals surface area contributed by atoms with E-state index in [0.29, 0.717) is 4.47 Å². The Morgan fingerprint density at radius 2 is 1.86 bits per heavy atom. The number of halogens is 2. The Bertz CT molecular complexity index is 615. The van der Waals surface area contributed by atoms with E-state index in [1.807, 2.05) is 51.2 Å². The molecule has 2 aromatic carbocycles. The van der Waals surface area contributed by atoms with Gasteiger partial charge in [0.25, 0.3) is 0 Å². The largest absolute Gasteiger partial charge is 0.491 e. The molecule has 1 unspecified atom stereocenters. The van der Waals surface area contributed by atoms with E-state index in [1.54, 1.807) is 6.07 Å². The standard InChI is InChI=1S/C17H19BrFNO/c1-11(2)21-13-7-4-6-12(10-13)17(20-3)14-8-5-9-15(19)16(14)18/h4-11,17,20H,1-3H3. The van der Waals surface area contributed by atoms with Crippen LogP contribution in [0, 0.1) is 5.82 Å². The number of rotatable bonds is 5. The molecule has 2 aromatic rings. The summed E-state index contributed by atoms with van der Waals surface area (Å²) in [5.74, 6) is 0.553. The molecule has 0 bridgehead atoms. The van der Waals surface area contributed by atoms with E-state index in [-0.39, 0.29) is 18.0 Å². The van der Waals surface area contributed by atoms with E-state index >= 15 is 0 Å². The van der Waals surface area contributed by atoms with Crippen molar-refractivity contribution in [1.82, 2.24) is 5.32 Å². The zero-order valence-electron chi connectivity index (χ0n) is 12.4. The fourth-order valence-corrected chi connectivity index (χ4v) is 2.78. The Morgan fingerprint density at radius 3 is 2.52 bits per heavy atom. The first-order valence-electron chi connectivity index (χ1n) is 6.90. The molecule has 0 aliphatic heterocycles. The highest BCUT2D eigenvalue weighted by Gasteiger charge is 2.17. The van der Waals surface area contributed by atoms with Crippen LogP contribution in [-0.4, -0.2) is 13.2 Å². The summed E-state index contributed by atoms with van der Waals surface area (Å²) in [6.45, 7) is 3.98. The molecule has 4 heteroatoms. The molecule has 112 valence electrons. The van der Waals surface area contributed by atoms with Crippen LogP contribution in [0.25, 0.3) is 0 Å². The molecular formula is C17H19BrFNO. The fourth-order valence-electron chi connectivity index (χ4n) is 2.28. The number of hydrogen-bond acceptors (Lipinski definition) is 2. The minimum absolute atomic E-state index is 0.106. The molecule has 2 rings (SSSR count). The van der Waals surface area contributed by atoms with Crippen molar-refractivity contribution < 1.29 is 9.13 Å². The summed E-state index contributed by atoms with van der Waals surface area (Å²) in [7, 11) is 1.86. The summed E-state index contributed by atoms with van der Waals surface area (Å²) in [6, 6.07) is 12.8. The van der Waals surface area contributed by atoms with Crippen LogP contribution in [0.5, 0.6) is 5.75 Å². The summed E-state index contributed by atoms with van der Waals surface area (Å²) in [5.41, 5.74) is 1.89. The van der Waals surface area contributed by atoms with Gasteiger partial charge in [0.1, 0.15) is 11.6 Å². The van der Waals surface area contributed by atoms with E-state index < -0.39 is 0 Å². The second kappa shape index (κ2) is 7.05. The zero-order chi connectivity index (χ0) is 15.4. The maximum absolute atomic E-state index is 13.7. The predicted molar refractivity (Wildman–Crippen MR) is 87.2 cm³/mol. The highest BCUT2D eigenvalue weighted by Crippen LogP contribution is 2.31. The average Bonchev–Trinajstić information content (AvgIpc) is 2.44. The van der Waals surface area contributed by atoms with Crippen molar-refractivity contribution in [2.45, 2.75) is 26.0 Å². The van der Waals surface area contributed by atoms with Gasteiger partial charge in [0, 0.05) is 0 Å². The van der Waals surface area contributed by atoms with E-state index in [0.717, 1.165) is 16.9 Å². The van der Waals surface area contributed by atoms with Crippen molar-refractivity contribution >= 4 is 15.9 Å². The average molecular weight is 352 g/mol. The SMILES string of the molecule is CNC(c1cccc(OC(C)C)c1)c1cccc(F)c1Br. The first-order valence-corrected chi connectivity index (χ1v) is 7.70. The molecule has 0 saturated carbocycles. The van der Waals surface area contributed by atoms with Gasteiger partial charge in [-0.2, -0.15) is 0 Å². The molecule has 1 N–H and O–H groups in total. The third-order valence-electron chi connectivity index (χ3n) is 3.14. The van der Waals surface area contributed by atoms with Crippen LogP contribution in [0.3, 0.4) is 0 Å². The lowest BCUT2D eigenvalue weighted by Gasteiger charge is -2.20. The second-order valence-electron chi connectivity index (χ2n) is 5.10. The molecule has 0 amide bonds. The molecule has 0 aromatic heterocycles. The Balaban J connectivity index is 2.39. The van der Waals surface area contributed by atoms with Gasteiger partial charge in [-0.25, -0.2) is 4.39 Å². The maximum atomic E-state index is 13.7. The fraction of sp³-hybridized carbons (Fsp3) is 0.294. The van der Waals surface area contributed by atoms with E-state index in [1.165, 1.54) is 6.07 Å². The Hall–Kier alpha value is -1.39. The van der Waals surface area contributed by atoms with Crippen LogP contribution >= 0.6 is 15.9 Å². The van der Waals surface area contributed by atoms with Gasteiger partial charge < -0.3 is 10.1 Å². The molecule has 0 spiro atoms. The molecular weight excluding hydrogens is 333 g/mol. The predicted octanol–water partition coefficient (Wildman–Crippen LogP) is 4.68. The highest BCUT2D eigenvalue weighted by molar-refractivity contribution is 9.10. The van der Waals surface area contributed by atoms with Gasteiger partial charge in [0.2, 0.25) is 0 Å². The lowest BCUT2D eigenvalue weighted by molar-refractivity contribution is 0.242. The molecule has 1 atom stereocenters. The number of nitrogens with one attached hydrogen (secondary N) is 1. The van der Waals surface area contributed by atoms with Gasteiger partial charge in [-0.3, -0.25) is 0 Å². The van der Waals surface area contributed by atoms with Gasteiger partial charge >= 0.3 is 0 Å². The summed E-state index contributed by atoms with van der Waals surface area (Å²) in [4.78, 5) is 0. The van der Waals surface area contributed by atoms with Crippen molar-refractivity contribution in [3.63, 3.8) is 0 Å². The maximum Gasteiger partial charge on any atom is 0.137 e. The van der Waals surface area contributed by atoms with Gasteiger partial charge in [-0.1, -0.05) is 24.3 Å². The van der Waals surface area contributed by atoms with Gasteiger partial charge in [0.05, 0.1) is 16.6 Å². The lowest BCUT2D eigenvalue weighted by atomic mass is 9.98. The Morgan fingerprint density at radius 1 is 1.14 bits per heavy atom. The van der Waals surface area contributed by atoms with Gasteiger partial charge in [0.15, 0.2) is 0 Å². The molecule has 0 fully saturated rings. The Kier molecular flexibility index (Phi) is 5.37. The minimum Gasteiger partial charge on any atom is -0.491 e. The van der Waals surface area contributed by atoms with Crippen LogP contribution in [0.2, 0.25) is 0 Å². The van der Waals surface area contributed by atoms with Gasteiger partial charge in [-0.05, 0) is 66.2 Å². The van der Waals surface area contributed by atoms with E-state index in [9.17, 15) is 4.39 Å². The Labute approximate surface area is 133 Å². The summed E-state index contributed by atoms with van der Waals surface area (Å²) in [5, 5.41) is 3.23. The first-order chi connectivity index (χ1) is 10.0. The summed E-state index contributed by atoms with van der Waals surface area (Å²) >= 11 is 3.33. The number of benzene rings is 2. The molecule has 21 heavy (non-hydrogen) atoms. The van der Waals surface area contributed by atoms with Crippen LogP contribution in [0.1, 0.15) is 31.0 Å². The number of ether oxygens (including phenoxy) is 1. The van der Waals surface area contributed by atoms with Crippen molar-refractivity contribution in [2.24, 2.45) is 0 Å². The van der Waals surface area contributed by atoms with Crippen LogP contribution in [-0.2, 0) is 0 Å².